The Balaban J connectivity index is 2.74. The average molecular weight is 126 g/mol. The predicted molar refractivity (Wildman–Crippen MR) is 31.1 cm³/mol. The average Bonchev–Trinajstić information content (AvgIpc) is 1.99. The normalized spacial score (nSPS) is 17.3. The zero-order valence-electron chi connectivity index (χ0n) is 4.59. The summed E-state index contributed by atoms with van der Waals surface area (Å²) in [5.41, 5.74) is 4.64. The fraction of sp³-hybridized carbons (Fsp3) is 0. The lowest BCUT2D eigenvalue weighted by Gasteiger charge is -1.98. The molecule has 0 atom stereocenters. The molecule has 1 aliphatic rings. The second-order valence-corrected chi connectivity index (χ2v) is 1.51. The highest BCUT2D eigenvalue weighted by molar-refractivity contribution is 5.91. The number of amides is 1. The summed E-state index contributed by atoms with van der Waals surface area (Å²) >= 11 is 0. The predicted octanol–water partition coefficient (Wildman–Crippen LogP) is -0.424. The first-order chi connectivity index (χ1) is 4.30. The number of nitrogens with one attached hydrogen (secondary N) is 2. The molecule has 9 heavy (non-hydrogen) atoms. The van der Waals surface area contributed by atoms with Crippen molar-refractivity contribution < 1.29 is 9.90 Å². The van der Waals surface area contributed by atoms with E-state index in [1.54, 1.807) is 0 Å². The third-order valence-electron chi connectivity index (χ3n) is 0.852. The highest BCUT2D eigenvalue weighted by Gasteiger charge is 2.04. The summed E-state index contributed by atoms with van der Waals surface area (Å²) in [5, 5.41) is 8.72. The van der Waals surface area contributed by atoms with E-state index in [0.29, 0.717) is 0 Å². The summed E-state index contributed by atoms with van der Waals surface area (Å²) in [6, 6.07) is 0. The Morgan fingerprint density at radius 3 is 3.11 bits per heavy atom. The smallest absolute Gasteiger partial charge is 0.304 e. The van der Waals surface area contributed by atoms with E-state index in [0.717, 1.165) is 0 Å². The maximum atomic E-state index is 10.5. The summed E-state index contributed by atoms with van der Waals surface area (Å²) < 4.78 is 0. The molecule has 0 saturated heterocycles. The highest BCUT2D eigenvalue weighted by Crippen LogP contribution is 1.89. The molecule has 4 nitrogen and oxygen atoms in total. The number of carbonyl (C=O) groups is 1. The van der Waals surface area contributed by atoms with Gasteiger partial charge in [0.05, 0.1) is 0 Å². The van der Waals surface area contributed by atoms with Crippen molar-refractivity contribution in [1.29, 1.82) is 0 Å². The Morgan fingerprint density at radius 1 is 1.56 bits per heavy atom. The number of aliphatic hydroxyl groups excluding tert-OH is 1. The SMILES string of the molecule is O=C1NNC=CC=C1O. The van der Waals surface area contributed by atoms with E-state index in [1.165, 1.54) is 18.4 Å². The van der Waals surface area contributed by atoms with Gasteiger partial charge < -0.3 is 10.5 Å². The van der Waals surface area contributed by atoms with E-state index in [4.69, 9.17) is 5.11 Å². The number of carbonyl (C=O) groups excluding carboxylic acids is 1. The number of allylic oxidation sites excluding steroid dienone is 2. The van der Waals surface area contributed by atoms with Crippen LogP contribution in [0.3, 0.4) is 0 Å². The fourth-order valence-corrected chi connectivity index (χ4v) is 0.434. The van der Waals surface area contributed by atoms with Crippen molar-refractivity contribution in [1.82, 2.24) is 10.9 Å². The molecule has 48 valence electrons. The molecule has 4 heteroatoms. The first-order valence-electron chi connectivity index (χ1n) is 2.42. The van der Waals surface area contributed by atoms with E-state index in [9.17, 15) is 4.79 Å². The van der Waals surface area contributed by atoms with Gasteiger partial charge in [0.2, 0.25) is 0 Å². The Hall–Kier alpha value is -1.45. The molecular weight excluding hydrogens is 120 g/mol. The minimum atomic E-state index is -0.528. The lowest BCUT2D eigenvalue weighted by molar-refractivity contribution is -0.120. The maximum absolute atomic E-state index is 10.5. The van der Waals surface area contributed by atoms with E-state index in [1.807, 2.05) is 0 Å². The van der Waals surface area contributed by atoms with Crippen LogP contribution in [-0.4, -0.2) is 11.0 Å². The largest absolute Gasteiger partial charge is 0.503 e. The van der Waals surface area contributed by atoms with Gasteiger partial charge in [-0.2, -0.15) is 0 Å². The summed E-state index contributed by atoms with van der Waals surface area (Å²) in [5.74, 6) is -0.823. The fourth-order valence-electron chi connectivity index (χ4n) is 0.434. The molecule has 0 aromatic rings. The Labute approximate surface area is 51.8 Å². The molecule has 1 aliphatic heterocycles. The van der Waals surface area contributed by atoms with Gasteiger partial charge in [-0.25, -0.2) is 0 Å². The van der Waals surface area contributed by atoms with Gasteiger partial charge in [-0.15, -0.1) is 0 Å². The van der Waals surface area contributed by atoms with Crippen LogP contribution in [0.15, 0.2) is 24.1 Å². The van der Waals surface area contributed by atoms with Gasteiger partial charge in [0.15, 0.2) is 5.76 Å². The number of hydrogen-bond donors (Lipinski definition) is 3. The molecule has 1 amide bonds. The van der Waals surface area contributed by atoms with Crippen LogP contribution in [0.5, 0.6) is 0 Å². The van der Waals surface area contributed by atoms with Gasteiger partial charge in [-0.1, -0.05) is 0 Å². The van der Waals surface area contributed by atoms with E-state index < -0.39 is 5.91 Å². The van der Waals surface area contributed by atoms with Crippen molar-refractivity contribution >= 4 is 5.91 Å². The molecule has 1 rings (SSSR count). The number of rotatable bonds is 0. The van der Waals surface area contributed by atoms with Gasteiger partial charge in [-0.05, 0) is 12.2 Å². The first-order valence-corrected chi connectivity index (χ1v) is 2.42. The third-order valence-corrected chi connectivity index (χ3v) is 0.852. The van der Waals surface area contributed by atoms with Crippen LogP contribution in [0.1, 0.15) is 0 Å². The maximum Gasteiger partial charge on any atom is 0.304 e. The Bertz CT molecular complexity index is 183. The van der Waals surface area contributed by atoms with Crippen LogP contribution in [0.25, 0.3) is 0 Å². The van der Waals surface area contributed by atoms with E-state index >= 15 is 0 Å². The zero-order chi connectivity index (χ0) is 6.69. The molecule has 1 heterocycles. The summed E-state index contributed by atoms with van der Waals surface area (Å²) in [6.07, 6.45) is 4.32. The molecule has 0 aromatic carbocycles. The van der Waals surface area contributed by atoms with Crippen molar-refractivity contribution in [3.8, 4) is 0 Å². The van der Waals surface area contributed by atoms with E-state index in [2.05, 4.69) is 10.9 Å². The molecule has 0 aromatic heterocycles. The molecule has 0 saturated carbocycles. The number of aliphatic hydroxyl groups is 1. The van der Waals surface area contributed by atoms with Crippen molar-refractivity contribution in [3.63, 3.8) is 0 Å². The van der Waals surface area contributed by atoms with Crippen molar-refractivity contribution in [3.05, 3.63) is 24.1 Å². The van der Waals surface area contributed by atoms with Crippen molar-refractivity contribution in [2.45, 2.75) is 0 Å². The quantitative estimate of drug-likeness (QED) is 0.413. The summed E-state index contributed by atoms with van der Waals surface area (Å²) in [6.45, 7) is 0. The zero-order valence-corrected chi connectivity index (χ0v) is 4.59. The van der Waals surface area contributed by atoms with Gasteiger partial charge in [0.1, 0.15) is 0 Å². The van der Waals surface area contributed by atoms with Crippen LogP contribution in [0.2, 0.25) is 0 Å². The Morgan fingerprint density at radius 2 is 2.33 bits per heavy atom. The minimum absolute atomic E-state index is 0.295. The molecule has 0 radical (unpaired) electrons. The minimum Gasteiger partial charge on any atom is -0.503 e. The topological polar surface area (TPSA) is 61.4 Å². The molecule has 0 spiro atoms. The van der Waals surface area contributed by atoms with Crippen LogP contribution >= 0.6 is 0 Å². The standard InChI is InChI=1S/C5H6N2O2/c8-4-2-1-3-6-7-5(4)9/h1-3,6,8H,(H,7,9). The van der Waals surface area contributed by atoms with Crippen molar-refractivity contribution in [2.24, 2.45) is 0 Å². The summed E-state index contributed by atoms with van der Waals surface area (Å²) in [7, 11) is 0. The number of hydrazine groups is 1. The molecular formula is C5H6N2O2. The van der Waals surface area contributed by atoms with Gasteiger partial charge in [0, 0.05) is 6.20 Å². The molecule has 3 N–H and O–H groups in total. The molecule has 0 bridgehead atoms. The number of hydrogen-bond acceptors (Lipinski definition) is 3. The highest BCUT2D eigenvalue weighted by atomic mass is 16.3. The second kappa shape index (κ2) is 2.21. The van der Waals surface area contributed by atoms with Crippen LogP contribution < -0.4 is 10.9 Å². The molecule has 0 fully saturated rings. The van der Waals surface area contributed by atoms with Gasteiger partial charge in [0.25, 0.3) is 0 Å². The second-order valence-electron chi connectivity index (χ2n) is 1.51. The molecule has 0 unspecified atom stereocenters. The van der Waals surface area contributed by atoms with Gasteiger partial charge in [-0.3, -0.25) is 10.2 Å². The van der Waals surface area contributed by atoms with E-state index in [-0.39, 0.29) is 5.76 Å². The Kier molecular flexibility index (Phi) is 1.40. The lowest BCUT2D eigenvalue weighted by Crippen LogP contribution is -2.33. The molecule has 0 aliphatic carbocycles. The van der Waals surface area contributed by atoms with Crippen molar-refractivity contribution in [2.75, 3.05) is 0 Å². The third kappa shape index (κ3) is 1.22. The first kappa shape index (κ1) is 5.68. The summed E-state index contributed by atoms with van der Waals surface area (Å²) in [4.78, 5) is 10.5. The van der Waals surface area contributed by atoms with Crippen LogP contribution in [-0.2, 0) is 4.79 Å². The monoisotopic (exact) mass is 126 g/mol. The van der Waals surface area contributed by atoms with Crippen LogP contribution in [0.4, 0.5) is 0 Å². The van der Waals surface area contributed by atoms with Gasteiger partial charge >= 0.3 is 5.91 Å². The van der Waals surface area contributed by atoms with Crippen LogP contribution in [0, 0.1) is 0 Å². The lowest BCUT2D eigenvalue weighted by atomic mass is 10.4.